The molecule has 1 saturated heterocycles. The number of aliphatic imine (C=N–C) groups is 1. The van der Waals surface area contributed by atoms with E-state index in [1.54, 1.807) is 7.11 Å². The second-order valence-corrected chi connectivity index (χ2v) is 7.31. The van der Waals surface area contributed by atoms with Crippen molar-refractivity contribution >= 4 is 11.9 Å². The molecule has 11 heteroatoms. The number of alkyl halides is 3. The molecule has 1 heterocycles. The average Bonchev–Trinajstić information content (AvgIpc) is 3.10. The molecule has 0 spiro atoms. The SMILES string of the molecule is COC[C@H](C)N/C(=N\C1CC(C(F)(F)F)NN1)NC(=O)C1CCC(OC)CC1. The predicted octanol–water partition coefficient (Wildman–Crippen LogP) is 1.04. The Morgan fingerprint density at radius 3 is 2.43 bits per heavy atom. The quantitative estimate of drug-likeness (QED) is 0.387. The van der Waals surface area contributed by atoms with Crippen LogP contribution in [0.4, 0.5) is 13.2 Å². The fraction of sp³-hybridized carbons (Fsp3) is 0.882. The summed E-state index contributed by atoms with van der Waals surface area (Å²) >= 11 is 0. The summed E-state index contributed by atoms with van der Waals surface area (Å²) < 4.78 is 48.9. The minimum Gasteiger partial charge on any atom is -0.383 e. The van der Waals surface area contributed by atoms with Gasteiger partial charge in [0.05, 0.1) is 12.7 Å². The monoisotopic (exact) mass is 409 g/mol. The highest BCUT2D eigenvalue weighted by atomic mass is 19.4. The summed E-state index contributed by atoms with van der Waals surface area (Å²) in [5, 5.41) is 5.75. The summed E-state index contributed by atoms with van der Waals surface area (Å²) in [7, 11) is 3.20. The fourth-order valence-corrected chi connectivity index (χ4v) is 3.40. The third-order valence-corrected chi connectivity index (χ3v) is 4.98. The lowest BCUT2D eigenvalue weighted by Crippen LogP contribution is -2.49. The molecule has 3 atom stereocenters. The van der Waals surface area contributed by atoms with Gasteiger partial charge in [0.1, 0.15) is 12.2 Å². The first kappa shape index (κ1) is 22.9. The molecule has 28 heavy (non-hydrogen) atoms. The van der Waals surface area contributed by atoms with Crippen molar-refractivity contribution < 1.29 is 27.4 Å². The Balaban J connectivity index is 2.00. The number of rotatable bonds is 6. The maximum atomic E-state index is 12.8. The van der Waals surface area contributed by atoms with Crippen LogP contribution in [-0.2, 0) is 14.3 Å². The third-order valence-electron chi connectivity index (χ3n) is 4.98. The van der Waals surface area contributed by atoms with Gasteiger partial charge < -0.3 is 14.8 Å². The second-order valence-electron chi connectivity index (χ2n) is 7.31. The first-order chi connectivity index (χ1) is 13.2. The number of carbonyl (C=O) groups is 1. The summed E-state index contributed by atoms with van der Waals surface area (Å²) in [6.07, 6.45) is -2.26. The number of nitrogens with zero attached hydrogens (tertiary/aromatic N) is 1. The molecule has 0 radical (unpaired) electrons. The number of guanidine groups is 1. The highest BCUT2D eigenvalue weighted by Gasteiger charge is 2.44. The van der Waals surface area contributed by atoms with Crippen LogP contribution in [0.5, 0.6) is 0 Å². The normalized spacial score (nSPS) is 30.1. The molecule has 1 saturated carbocycles. The van der Waals surface area contributed by atoms with Gasteiger partial charge in [0.25, 0.3) is 0 Å². The molecule has 162 valence electrons. The van der Waals surface area contributed by atoms with Crippen LogP contribution >= 0.6 is 0 Å². The van der Waals surface area contributed by atoms with Crippen molar-refractivity contribution in [3.8, 4) is 0 Å². The van der Waals surface area contributed by atoms with Crippen molar-refractivity contribution in [2.24, 2.45) is 10.9 Å². The van der Waals surface area contributed by atoms with Crippen LogP contribution in [0.25, 0.3) is 0 Å². The second kappa shape index (κ2) is 10.4. The van der Waals surface area contributed by atoms with Gasteiger partial charge in [-0.2, -0.15) is 13.2 Å². The van der Waals surface area contributed by atoms with E-state index < -0.39 is 18.4 Å². The van der Waals surface area contributed by atoms with E-state index in [0.717, 1.165) is 12.8 Å². The lowest BCUT2D eigenvalue weighted by Gasteiger charge is -2.27. The Hall–Kier alpha value is -1.43. The van der Waals surface area contributed by atoms with Crippen molar-refractivity contribution in [2.75, 3.05) is 20.8 Å². The van der Waals surface area contributed by atoms with Gasteiger partial charge in [-0.05, 0) is 32.6 Å². The van der Waals surface area contributed by atoms with Crippen LogP contribution < -0.4 is 21.5 Å². The van der Waals surface area contributed by atoms with Crippen LogP contribution in [0.1, 0.15) is 39.0 Å². The van der Waals surface area contributed by atoms with E-state index in [4.69, 9.17) is 9.47 Å². The summed E-state index contributed by atoms with van der Waals surface area (Å²) in [5.41, 5.74) is 4.72. The molecule has 2 fully saturated rings. The minimum absolute atomic E-state index is 0.144. The standard InChI is InChI=1S/C17H30F3N5O3/c1-10(9-27-2)21-16(22-14-8-13(24-25-14)17(18,19)20)23-15(26)11-4-6-12(28-3)7-5-11/h10-14,24-25H,4-9H2,1-3H3,(H2,21,22,23,26)/t10-,11?,12?,13?,14?/m0/s1. The number of hydrazine groups is 1. The number of amides is 1. The van der Waals surface area contributed by atoms with E-state index in [9.17, 15) is 18.0 Å². The molecule has 4 N–H and O–H groups in total. The number of halogens is 3. The smallest absolute Gasteiger partial charge is 0.383 e. The van der Waals surface area contributed by atoms with Crippen molar-refractivity contribution in [1.29, 1.82) is 0 Å². The predicted molar refractivity (Wildman–Crippen MR) is 97.3 cm³/mol. The number of hydrogen-bond donors (Lipinski definition) is 4. The number of methoxy groups -OCH3 is 2. The van der Waals surface area contributed by atoms with Gasteiger partial charge in [-0.25, -0.2) is 15.8 Å². The van der Waals surface area contributed by atoms with Gasteiger partial charge in [0.15, 0.2) is 5.96 Å². The molecule has 0 aromatic rings. The topological polar surface area (TPSA) is 96.0 Å². The summed E-state index contributed by atoms with van der Waals surface area (Å²) in [6.45, 7) is 2.18. The molecule has 8 nitrogen and oxygen atoms in total. The highest BCUT2D eigenvalue weighted by Crippen LogP contribution is 2.27. The zero-order valence-corrected chi connectivity index (χ0v) is 16.4. The van der Waals surface area contributed by atoms with Gasteiger partial charge in [-0.3, -0.25) is 10.1 Å². The summed E-state index contributed by atoms with van der Waals surface area (Å²) in [5.74, 6) is -0.219. The molecule has 1 aliphatic heterocycles. The van der Waals surface area contributed by atoms with Crippen LogP contribution in [0.3, 0.4) is 0 Å². The summed E-state index contributed by atoms with van der Waals surface area (Å²) in [6, 6.07) is -1.86. The zero-order chi connectivity index (χ0) is 20.7. The maximum Gasteiger partial charge on any atom is 0.405 e. The van der Waals surface area contributed by atoms with E-state index in [-0.39, 0.29) is 36.4 Å². The van der Waals surface area contributed by atoms with Crippen LogP contribution in [0.2, 0.25) is 0 Å². The minimum atomic E-state index is -4.36. The van der Waals surface area contributed by atoms with E-state index >= 15 is 0 Å². The fourth-order valence-electron chi connectivity index (χ4n) is 3.40. The van der Waals surface area contributed by atoms with E-state index in [1.807, 2.05) is 6.92 Å². The lowest BCUT2D eigenvalue weighted by molar-refractivity contribution is -0.153. The number of nitrogens with one attached hydrogen (secondary N) is 4. The van der Waals surface area contributed by atoms with Crippen LogP contribution in [0, 0.1) is 5.92 Å². The molecule has 2 aliphatic rings. The zero-order valence-electron chi connectivity index (χ0n) is 16.4. The highest BCUT2D eigenvalue weighted by molar-refractivity contribution is 5.98. The molecule has 0 bridgehead atoms. The molecule has 1 amide bonds. The van der Waals surface area contributed by atoms with Crippen molar-refractivity contribution in [3.05, 3.63) is 0 Å². The number of ether oxygens (including phenoxy) is 2. The Bertz CT molecular complexity index is 539. The molecular formula is C17H30F3N5O3. The van der Waals surface area contributed by atoms with Gasteiger partial charge in [0.2, 0.25) is 5.91 Å². The first-order valence-corrected chi connectivity index (χ1v) is 9.47. The molecule has 0 aromatic heterocycles. The van der Waals surface area contributed by atoms with Gasteiger partial charge in [-0.15, -0.1) is 0 Å². The Morgan fingerprint density at radius 1 is 1.21 bits per heavy atom. The molecule has 0 aromatic carbocycles. The first-order valence-electron chi connectivity index (χ1n) is 9.47. The largest absolute Gasteiger partial charge is 0.405 e. The molecule has 2 rings (SSSR count). The number of carbonyl (C=O) groups excluding carboxylic acids is 1. The summed E-state index contributed by atoms with van der Waals surface area (Å²) in [4.78, 5) is 16.9. The van der Waals surface area contributed by atoms with Crippen LogP contribution in [-0.4, -0.2) is 63.2 Å². The van der Waals surface area contributed by atoms with Gasteiger partial charge in [0, 0.05) is 32.6 Å². The van der Waals surface area contributed by atoms with Gasteiger partial charge >= 0.3 is 6.18 Å². The maximum absolute atomic E-state index is 12.8. The van der Waals surface area contributed by atoms with Crippen molar-refractivity contribution in [1.82, 2.24) is 21.5 Å². The van der Waals surface area contributed by atoms with E-state index in [1.165, 1.54) is 7.11 Å². The molecule has 2 unspecified atom stereocenters. The van der Waals surface area contributed by atoms with Crippen molar-refractivity contribution in [3.63, 3.8) is 0 Å². The third kappa shape index (κ3) is 6.87. The van der Waals surface area contributed by atoms with Crippen molar-refractivity contribution in [2.45, 2.75) is 69.6 Å². The van der Waals surface area contributed by atoms with E-state index in [2.05, 4.69) is 26.5 Å². The van der Waals surface area contributed by atoms with E-state index in [0.29, 0.717) is 19.4 Å². The Labute approximate surface area is 163 Å². The molecule has 1 aliphatic carbocycles. The van der Waals surface area contributed by atoms with Crippen LogP contribution in [0.15, 0.2) is 4.99 Å². The Kier molecular flexibility index (Phi) is 8.47. The van der Waals surface area contributed by atoms with Gasteiger partial charge in [-0.1, -0.05) is 0 Å². The lowest BCUT2D eigenvalue weighted by atomic mass is 9.87. The average molecular weight is 409 g/mol. The number of hydrogen-bond acceptors (Lipinski definition) is 6. The Morgan fingerprint density at radius 2 is 1.89 bits per heavy atom. The molecular weight excluding hydrogens is 379 g/mol.